The number of hydrogen-bond acceptors (Lipinski definition) is 3. The van der Waals surface area contributed by atoms with E-state index in [9.17, 15) is 9.59 Å². The molecule has 104 valence electrons. The van der Waals surface area contributed by atoms with Crippen LogP contribution in [-0.4, -0.2) is 36.9 Å². The van der Waals surface area contributed by atoms with Crippen molar-refractivity contribution in [2.24, 2.45) is 0 Å². The van der Waals surface area contributed by atoms with Crippen LogP contribution in [0.5, 0.6) is 0 Å². The third-order valence-corrected chi connectivity index (χ3v) is 2.95. The number of urea groups is 1. The van der Waals surface area contributed by atoms with Gasteiger partial charge in [-0.05, 0) is 24.6 Å². The molecule has 6 nitrogen and oxygen atoms in total. The first-order valence-electron chi connectivity index (χ1n) is 5.50. The second kappa shape index (κ2) is 7.10. The van der Waals surface area contributed by atoms with Crippen molar-refractivity contribution in [3.63, 3.8) is 0 Å². The van der Waals surface area contributed by atoms with Gasteiger partial charge in [0.25, 0.3) is 0 Å². The summed E-state index contributed by atoms with van der Waals surface area (Å²) in [7, 11) is 1.27. The number of methoxy groups -OCH3 is 1. The maximum absolute atomic E-state index is 11.6. The highest BCUT2D eigenvalue weighted by molar-refractivity contribution is 9.10. The number of aryl methyl sites for hydroxylation is 1. The molecule has 0 heterocycles. The van der Waals surface area contributed by atoms with Gasteiger partial charge in [0.1, 0.15) is 0 Å². The minimum atomic E-state index is -1.12. The van der Waals surface area contributed by atoms with Gasteiger partial charge >= 0.3 is 12.0 Å². The molecular weight excluding hydrogens is 316 g/mol. The Kier molecular flexibility index (Phi) is 5.78. The smallest absolute Gasteiger partial charge is 0.334 e. The van der Waals surface area contributed by atoms with Crippen LogP contribution in [0, 0.1) is 6.92 Å². The number of carboxylic acid groups (broad SMARTS) is 1. The molecule has 0 aliphatic rings. The zero-order valence-corrected chi connectivity index (χ0v) is 12.2. The van der Waals surface area contributed by atoms with E-state index in [2.05, 4.69) is 26.6 Å². The van der Waals surface area contributed by atoms with E-state index >= 15 is 0 Å². The molecule has 0 bridgehead atoms. The van der Waals surface area contributed by atoms with Crippen LogP contribution in [0.15, 0.2) is 22.7 Å². The lowest BCUT2D eigenvalue weighted by atomic mass is 10.2. The van der Waals surface area contributed by atoms with Gasteiger partial charge in [-0.2, -0.15) is 0 Å². The van der Waals surface area contributed by atoms with Crippen molar-refractivity contribution in [3.8, 4) is 0 Å². The van der Waals surface area contributed by atoms with E-state index in [1.54, 1.807) is 6.07 Å². The standard InChI is InChI=1S/C12H15BrN2O4/c1-7-3-4-8(13)5-9(7)15-12(18)14-6-10(19-2)11(16)17/h3-5,10H,6H2,1-2H3,(H,16,17)(H2,14,15,18). The Hall–Kier alpha value is -1.60. The van der Waals surface area contributed by atoms with E-state index in [1.807, 2.05) is 19.1 Å². The number of hydrogen-bond donors (Lipinski definition) is 3. The first-order chi connectivity index (χ1) is 8.93. The number of halogens is 1. The summed E-state index contributed by atoms with van der Waals surface area (Å²) in [6, 6.07) is 5.00. The van der Waals surface area contributed by atoms with Crippen molar-refractivity contribution in [1.82, 2.24) is 5.32 Å². The molecule has 1 atom stereocenters. The lowest BCUT2D eigenvalue weighted by Gasteiger charge is -2.13. The molecule has 1 unspecified atom stereocenters. The number of anilines is 1. The van der Waals surface area contributed by atoms with E-state index in [-0.39, 0.29) is 6.54 Å². The average molecular weight is 331 g/mol. The van der Waals surface area contributed by atoms with E-state index in [1.165, 1.54) is 7.11 Å². The first kappa shape index (κ1) is 15.5. The van der Waals surface area contributed by atoms with Crippen LogP contribution in [0.25, 0.3) is 0 Å². The predicted molar refractivity (Wildman–Crippen MR) is 74.3 cm³/mol. The largest absolute Gasteiger partial charge is 0.479 e. The fraction of sp³-hybridized carbons (Fsp3) is 0.333. The Morgan fingerprint density at radius 1 is 1.47 bits per heavy atom. The minimum Gasteiger partial charge on any atom is -0.479 e. The molecule has 0 fully saturated rings. The highest BCUT2D eigenvalue weighted by Gasteiger charge is 2.17. The van der Waals surface area contributed by atoms with Crippen molar-refractivity contribution in [1.29, 1.82) is 0 Å². The topological polar surface area (TPSA) is 87.7 Å². The molecule has 19 heavy (non-hydrogen) atoms. The second-order valence-corrected chi connectivity index (χ2v) is 4.77. The Morgan fingerprint density at radius 2 is 2.16 bits per heavy atom. The van der Waals surface area contributed by atoms with Crippen LogP contribution in [0.2, 0.25) is 0 Å². The molecule has 0 aliphatic heterocycles. The minimum absolute atomic E-state index is 0.106. The SMILES string of the molecule is COC(CNC(=O)Nc1cc(Br)ccc1C)C(=O)O. The van der Waals surface area contributed by atoms with Crippen molar-refractivity contribution >= 4 is 33.6 Å². The number of rotatable bonds is 5. The maximum Gasteiger partial charge on any atom is 0.334 e. The lowest BCUT2D eigenvalue weighted by molar-refractivity contribution is -0.147. The normalized spacial score (nSPS) is 11.7. The Labute approximate surface area is 119 Å². The molecule has 0 aromatic heterocycles. The molecule has 7 heteroatoms. The molecule has 3 N–H and O–H groups in total. The van der Waals surface area contributed by atoms with Gasteiger partial charge in [-0.3, -0.25) is 0 Å². The third kappa shape index (κ3) is 4.88. The first-order valence-corrected chi connectivity index (χ1v) is 6.30. The summed E-state index contributed by atoms with van der Waals surface area (Å²) >= 11 is 3.31. The predicted octanol–water partition coefficient (Wildman–Crippen LogP) is 1.98. The van der Waals surface area contributed by atoms with Crippen LogP contribution >= 0.6 is 15.9 Å². The number of carbonyl (C=O) groups is 2. The van der Waals surface area contributed by atoms with Crippen molar-refractivity contribution < 1.29 is 19.4 Å². The summed E-state index contributed by atoms with van der Waals surface area (Å²) in [5.41, 5.74) is 1.55. The Bertz CT molecular complexity index is 479. The number of carbonyl (C=O) groups excluding carboxylic acids is 1. The number of benzene rings is 1. The molecule has 1 aromatic carbocycles. The van der Waals surface area contributed by atoms with Gasteiger partial charge in [0, 0.05) is 17.3 Å². The highest BCUT2D eigenvalue weighted by Crippen LogP contribution is 2.20. The molecule has 0 aliphatic carbocycles. The molecule has 0 spiro atoms. The van der Waals surface area contributed by atoms with Gasteiger partial charge in [0.05, 0.1) is 6.54 Å². The van der Waals surface area contributed by atoms with Crippen LogP contribution < -0.4 is 10.6 Å². The zero-order chi connectivity index (χ0) is 14.4. The zero-order valence-electron chi connectivity index (χ0n) is 10.6. The fourth-order valence-corrected chi connectivity index (χ4v) is 1.71. The quantitative estimate of drug-likeness (QED) is 0.770. The van der Waals surface area contributed by atoms with E-state index in [0.29, 0.717) is 5.69 Å². The van der Waals surface area contributed by atoms with Gasteiger partial charge in [-0.1, -0.05) is 22.0 Å². The number of carboxylic acids is 1. The van der Waals surface area contributed by atoms with Gasteiger partial charge in [0.15, 0.2) is 6.10 Å². The molecule has 1 aromatic rings. The molecule has 0 radical (unpaired) electrons. The van der Waals surface area contributed by atoms with E-state index in [4.69, 9.17) is 9.84 Å². The average Bonchev–Trinajstić information content (AvgIpc) is 2.34. The van der Waals surface area contributed by atoms with Gasteiger partial charge < -0.3 is 20.5 Å². The van der Waals surface area contributed by atoms with Crippen LogP contribution in [-0.2, 0) is 9.53 Å². The molecule has 0 saturated heterocycles. The Balaban J connectivity index is 2.56. The van der Waals surface area contributed by atoms with Crippen molar-refractivity contribution in [2.45, 2.75) is 13.0 Å². The Morgan fingerprint density at radius 3 is 2.74 bits per heavy atom. The van der Waals surface area contributed by atoms with E-state index in [0.717, 1.165) is 10.0 Å². The number of nitrogens with one attached hydrogen (secondary N) is 2. The van der Waals surface area contributed by atoms with Crippen LogP contribution in [0.4, 0.5) is 10.5 Å². The number of aliphatic carboxylic acids is 1. The van der Waals surface area contributed by atoms with Gasteiger partial charge in [0.2, 0.25) is 0 Å². The molecular formula is C12H15BrN2O4. The van der Waals surface area contributed by atoms with Gasteiger partial charge in [-0.15, -0.1) is 0 Å². The fourth-order valence-electron chi connectivity index (χ4n) is 1.35. The summed E-state index contributed by atoms with van der Waals surface area (Å²) in [4.78, 5) is 22.3. The van der Waals surface area contributed by atoms with Crippen LogP contribution in [0.1, 0.15) is 5.56 Å². The summed E-state index contributed by atoms with van der Waals surface area (Å²) in [5.74, 6) is -1.12. The maximum atomic E-state index is 11.6. The van der Waals surface area contributed by atoms with Crippen molar-refractivity contribution in [3.05, 3.63) is 28.2 Å². The molecule has 1 rings (SSSR count). The van der Waals surface area contributed by atoms with Gasteiger partial charge in [-0.25, -0.2) is 9.59 Å². The van der Waals surface area contributed by atoms with Crippen LogP contribution in [0.3, 0.4) is 0 Å². The monoisotopic (exact) mass is 330 g/mol. The second-order valence-electron chi connectivity index (χ2n) is 3.86. The molecule has 2 amide bonds. The summed E-state index contributed by atoms with van der Waals surface area (Å²) < 4.78 is 5.55. The summed E-state index contributed by atoms with van der Waals surface area (Å²) in [6.07, 6.45) is -1.06. The third-order valence-electron chi connectivity index (χ3n) is 2.46. The molecule has 0 saturated carbocycles. The highest BCUT2D eigenvalue weighted by atomic mass is 79.9. The summed E-state index contributed by atoms with van der Waals surface area (Å²) in [5, 5.41) is 13.8. The van der Waals surface area contributed by atoms with E-state index < -0.39 is 18.1 Å². The number of ether oxygens (including phenoxy) is 1. The number of amides is 2. The summed E-state index contributed by atoms with van der Waals surface area (Å²) in [6.45, 7) is 1.75. The van der Waals surface area contributed by atoms with Crippen molar-refractivity contribution in [2.75, 3.05) is 19.0 Å². The lowest BCUT2D eigenvalue weighted by Crippen LogP contribution is -2.39.